The number of hydrogen-bond donors (Lipinski definition) is 0. The maximum atomic E-state index is 5.95. The quantitative estimate of drug-likeness (QED) is 0.804. The average Bonchev–Trinajstić information content (AvgIpc) is 2.39. The fraction of sp³-hybridized carbons (Fsp3) is 0.231. The Labute approximate surface area is 120 Å². The van der Waals surface area contributed by atoms with Crippen molar-refractivity contribution in [2.45, 2.75) is 12.4 Å². The molecule has 2 heterocycles. The van der Waals surface area contributed by atoms with Crippen LogP contribution in [0.15, 0.2) is 41.1 Å². The van der Waals surface area contributed by atoms with Gasteiger partial charge in [-0.1, -0.05) is 6.07 Å². The zero-order valence-electron chi connectivity index (χ0n) is 9.98. The van der Waals surface area contributed by atoms with E-state index in [9.17, 15) is 0 Å². The van der Waals surface area contributed by atoms with Gasteiger partial charge in [0.15, 0.2) is 0 Å². The molecule has 0 aliphatic carbocycles. The van der Waals surface area contributed by atoms with E-state index < -0.39 is 0 Å². The first-order valence-electron chi connectivity index (χ1n) is 5.52. The SMILES string of the molecule is CN(Cc1ccccn1)c1ncc(Br)cc1CCl. The van der Waals surface area contributed by atoms with Crippen molar-refractivity contribution in [1.29, 1.82) is 0 Å². The first-order chi connectivity index (χ1) is 8.70. The van der Waals surface area contributed by atoms with E-state index in [1.54, 1.807) is 12.4 Å². The Morgan fingerprint density at radius 3 is 2.83 bits per heavy atom. The third kappa shape index (κ3) is 3.21. The molecule has 2 aromatic heterocycles. The second kappa shape index (κ2) is 6.16. The van der Waals surface area contributed by atoms with Crippen molar-refractivity contribution < 1.29 is 0 Å². The highest BCUT2D eigenvalue weighted by Crippen LogP contribution is 2.23. The Hall–Kier alpha value is -1.13. The molecule has 3 nitrogen and oxygen atoms in total. The van der Waals surface area contributed by atoms with Crippen LogP contribution < -0.4 is 4.90 Å². The van der Waals surface area contributed by atoms with Crippen LogP contribution in [-0.2, 0) is 12.4 Å². The number of rotatable bonds is 4. The van der Waals surface area contributed by atoms with E-state index in [1.165, 1.54) is 0 Å². The lowest BCUT2D eigenvalue weighted by Crippen LogP contribution is -2.19. The van der Waals surface area contributed by atoms with E-state index in [4.69, 9.17) is 11.6 Å². The Balaban J connectivity index is 2.21. The van der Waals surface area contributed by atoms with Crippen molar-refractivity contribution in [3.05, 3.63) is 52.4 Å². The van der Waals surface area contributed by atoms with Crippen molar-refractivity contribution in [1.82, 2.24) is 9.97 Å². The van der Waals surface area contributed by atoms with Gasteiger partial charge in [-0.3, -0.25) is 4.98 Å². The van der Waals surface area contributed by atoms with Gasteiger partial charge in [-0.15, -0.1) is 11.6 Å². The molecule has 0 saturated heterocycles. The molecule has 2 aromatic rings. The van der Waals surface area contributed by atoms with Crippen LogP contribution in [0, 0.1) is 0 Å². The van der Waals surface area contributed by atoms with Crippen LogP contribution in [0.25, 0.3) is 0 Å². The molecule has 18 heavy (non-hydrogen) atoms. The molecule has 5 heteroatoms. The van der Waals surface area contributed by atoms with Crippen molar-refractivity contribution in [2.24, 2.45) is 0 Å². The summed E-state index contributed by atoms with van der Waals surface area (Å²) in [6.45, 7) is 0.708. The Morgan fingerprint density at radius 2 is 2.17 bits per heavy atom. The summed E-state index contributed by atoms with van der Waals surface area (Å²) in [7, 11) is 1.99. The standard InChI is InChI=1S/C13H13BrClN3/c1-18(9-12-4-2-3-5-16-12)13-10(7-15)6-11(14)8-17-13/h2-6,8H,7,9H2,1H3. The average molecular weight is 327 g/mol. The topological polar surface area (TPSA) is 29.0 Å². The summed E-state index contributed by atoms with van der Waals surface area (Å²) in [5.74, 6) is 1.33. The number of nitrogens with zero attached hydrogens (tertiary/aromatic N) is 3. The molecule has 0 atom stereocenters. The van der Waals surface area contributed by atoms with Crippen molar-refractivity contribution in [2.75, 3.05) is 11.9 Å². The first-order valence-corrected chi connectivity index (χ1v) is 6.85. The molecule has 0 radical (unpaired) electrons. The van der Waals surface area contributed by atoms with Crippen LogP contribution in [0.2, 0.25) is 0 Å². The minimum Gasteiger partial charge on any atom is -0.354 e. The lowest BCUT2D eigenvalue weighted by Gasteiger charge is -2.20. The molecule has 0 saturated carbocycles. The predicted molar refractivity (Wildman–Crippen MR) is 77.8 cm³/mol. The van der Waals surface area contributed by atoms with Gasteiger partial charge in [0.05, 0.1) is 18.1 Å². The zero-order chi connectivity index (χ0) is 13.0. The highest BCUT2D eigenvalue weighted by atomic mass is 79.9. The van der Waals surface area contributed by atoms with Gasteiger partial charge < -0.3 is 4.90 Å². The fourth-order valence-corrected chi connectivity index (χ4v) is 2.30. The molecule has 2 rings (SSSR count). The first kappa shape index (κ1) is 13.3. The molecule has 94 valence electrons. The number of alkyl halides is 1. The summed E-state index contributed by atoms with van der Waals surface area (Å²) >= 11 is 9.35. The second-order valence-electron chi connectivity index (χ2n) is 3.95. The third-order valence-corrected chi connectivity index (χ3v) is 3.26. The van der Waals surface area contributed by atoms with Gasteiger partial charge in [-0.05, 0) is 34.1 Å². The van der Waals surface area contributed by atoms with E-state index in [1.807, 2.05) is 36.2 Å². The maximum absolute atomic E-state index is 5.95. The highest BCUT2D eigenvalue weighted by Gasteiger charge is 2.10. The zero-order valence-corrected chi connectivity index (χ0v) is 12.3. The lowest BCUT2D eigenvalue weighted by molar-refractivity contribution is 0.858. The van der Waals surface area contributed by atoms with Crippen LogP contribution in [0.3, 0.4) is 0 Å². The van der Waals surface area contributed by atoms with Crippen molar-refractivity contribution in [3.8, 4) is 0 Å². The summed E-state index contributed by atoms with van der Waals surface area (Å²) in [5, 5.41) is 0. The molecular weight excluding hydrogens is 314 g/mol. The summed E-state index contributed by atoms with van der Waals surface area (Å²) < 4.78 is 0.938. The van der Waals surface area contributed by atoms with Gasteiger partial charge in [-0.25, -0.2) is 4.98 Å². The Kier molecular flexibility index (Phi) is 4.55. The lowest BCUT2D eigenvalue weighted by atomic mass is 10.2. The number of hydrogen-bond acceptors (Lipinski definition) is 3. The summed E-state index contributed by atoms with van der Waals surface area (Å²) in [4.78, 5) is 10.8. The number of anilines is 1. The van der Waals surface area contributed by atoms with E-state index >= 15 is 0 Å². The van der Waals surface area contributed by atoms with E-state index in [-0.39, 0.29) is 0 Å². The van der Waals surface area contributed by atoms with E-state index in [0.717, 1.165) is 21.5 Å². The van der Waals surface area contributed by atoms with Crippen LogP contribution in [0.4, 0.5) is 5.82 Å². The number of pyridine rings is 2. The number of aromatic nitrogens is 2. The van der Waals surface area contributed by atoms with Crippen molar-refractivity contribution in [3.63, 3.8) is 0 Å². The molecule has 0 unspecified atom stereocenters. The molecule has 0 bridgehead atoms. The molecule has 0 aliphatic rings. The van der Waals surface area contributed by atoms with Gasteiger partial charge in [0.1, 0.15) is 5.82 Å². The van der Waals surface area contributed by atoms with Crippen LogP contribution in [0.1, 0.15) is 11.3 Å². The van der Waals surface area contributed by atoms with E-state index in [0.29, 0.717) is 12.4 Å². The number of halogens is 2. The van der Waals surface area contributed by atoms with Crippen LogP contribution >= 0.6 is 27.5 Å². The van der Waals surface area contributed by atoms with Crippen LogP contribution in [-0.4, -0.2) is 17.0 Å². The Bertz CT molecular complexity index is 519. The molecular formula is C13H13BrClN3. The fourth-order valence-electron chi connectivity index (χ4n) is 1.73. The molecule has 0 aliphatic heterocycles. The van der Waals surface area contributed by atoms with Gasteiger partial charge in [0.2, 0.25) is 0 Å². The molecule has 0 fully saturated rings. The minimum atomic E-state index is 0.439. The monoisotopic (exact) mass is 325 g/mol. The maximum Gasteiger partial charge on any atom is 0.133 e. The largest absolute Gasteiger partial charge is 0.354 e. The van der Waals surface area contributed by atoms with Crippen molar-refractivity contribution >= 4 is 33.3 Å². The minimum absolute atomic E-state index is 0.439. The second-order valence-corrected chi connectivity index (χ2v) is 5.13. The van der Waals surface area contributed by atoms with Gasteiger partial charge in [0, 0.05) is 29.5 Å². The van der Waals surface area contributed by atoms with Gasteiger partial charge >= 0.3 is 0 Å². The van der Waals surface area contributed by atoms with Gasteiger partial charge in [-0.2, -0.15) is 0 Å². The summed E-state index contributed by atoms with van der Waals surface area (Å²) in [6, 6.07) is 7.87. The normalized spacial score (nSPS) is 10.4. The Morgan fingerprint density at radius 1 is 1.33 bits per heavy atom. The molecule has 0 N–H and O–H groups in total. The van der Waals surface area contributed by atoms with Crippen LogP contribution in [0.5, 0.6) is 0 Å². The smallest absolute Gasteiger partial charge is 0.133 e. The molecule has 0 aromatic carbocycles. The summed E-state index contributed by atoms with van der Waals surface area (Å²) in [6.07, 6.45) is 3.57. The van der Waals surface area contributed by atoms with Gasteiger partial charge in [0.25, 0.3) is 0 Å². The highest BCUT2D eigenvalue weighted by molar-refractivity contribution is 9.10. The predicted octanol–water partition coefficient (Wildman–Crippen LogP) is 3.61. The van der Waals surface area contributed by atoms with E-state index in [2.05, 4.69) is 25.9 Å². The molecule has 0 spiro atoms. The summed E-state index contributed by atoms with van der Waals surface area (Å²) in [5.41, 5.74) is 2.01. The third-order valence-electron chi connectivity index (χ3n) is 2.54. The molecule has 0 amide bonds.